The van der Waals surface area contributed by atoms with Crippen LogP contribution in [0.15, 0.2) is 18.2 Å². The van der Waals surface area contributed by atoms with E-state index in [1.54, 1.807) is 0 Å². The highest BCUT2D eigenvalue weighted by Gasteiger charge is 2.29. The molecule has 1 amide bonds. The predicted octanol–water partition coefficient (Wildman–Crippen LogP) is 2.57. The van der Waals surface area contributed by atoms with E-state index in [-0.39, 0.29) is 36.3 Å². The lowest BCUT2D eigenvalue weighted by atomic mass is 10.0. The van der Waals surface area contributed by atoms with E-state index in [4.69, 9.17) is 15.2 Å². The highest BCUT2D eigenvalue weighted by molar-refractivity contribution is 5.85. The standard InChI is InChI=1S/C17H24N2O3.ClH/c1-2-14(19-17(20)12-3-5-13(18)9-12)11-4-6-15-16(10-11)22-8-7-21-15;/h4,6,10,12-14H,2-3,5,7-9,18H2,1H3,(H,19,20);1H. The Hall–Kier alpha value is -1.46. The molecule has 5 nitrogen and oxygen atoms in total. The average Bonchev–Trinajstić information content (AvgIpc) is 2.98. The van der Waals surface area contributed by atoms with Gasteiger partial charge in [0, 0.05) is 12.0 Å². The van der Waals surface area contributed by atoms with Crippen LogP contribution in [0.4, 0.5) is 0 Å². The van der Waals surface area contributed by atoms with E-state index < -0.39 is 0 Å². The number of carbonyl (C=O) groups is 1. The molecule has 128 valence electrons. The summed E-state index contributed by atoms with van der Waals surface area (Å²) in [7, 11) is 0. The van der Waals surface area contributed by atoms with Gasteiger partial charge in [0.25, 0.3) is 0 Å². The Bertz CT molecular complexity index is 553. The zero-order valence-electron chi connectivity index (χ0n) is 13.4. The van der Waals surface area contributed by atoms with Gasteiger partial charge in [-0.3, -0.25) is 4.79 Å². The van der Waals surface area contributed by atoms with Gasteiger partial charge in [-0.1, -0.05) is 13.0 Å². The molecule has 6 heteroatoms. The maximum Gasteiger partial charge on any atom is 0.223 e. The zero-order valence-corrected chi connectivity index (χ0v) is 14.2. The number of halogens is 1. The maximum absolute atomic E-state index is 12.4. The number of benzene rings is 1. The Balaban J connectivity index is 0.00000192. The molecule has 0 bridgehead atoms. The molecule has 23 heavy (non-hydrogen) atoms. The number of fused-ring (bicyclic) bond motifs is 1. The molecular weight excluding hydrogens is 316 g/mol. The Kier molecular flexibility index (Phi) is 6.13. The van der Waals surface area contributed by atoms with E-state index in [1.807, 2.05) is 18.2 Å². The molecule has 0 aromatic heterocycles. The lowest BCUT2D eigenvalue weighted by Crippen LogP contribution is -2.33. The molecule has 2 aliphatic rings. The third-order valence-corrected chi connectivity index (χ3v) is 4.54. The molecule has 0 spiro atoms. The molecule has 1 saturated carbocycles. The number of carbonyl (C=O) groups excluding carboxylic acids is 1. The lowest BCUT2D eigenvalue weighted by Gasteiger charge is -2.23. The van der Waals surface area contributed by atoms with Crippen molar-refractivity contribution in [1.29, 1.82) is 0 Å². The van der Waals surface area contributed by atoms with E-state index in [0.717, 1.165) is 42.7 Å². The predicted molar refractivity (Wildman–Crippen MR) is 91.2 cm³/mol. The van der Waals surface area contributed by atoms with Crippen molar-refractivity contribution in [3.8, 4) is 11.5 Å². The van der Waals surface area contributed by atoms with Crippen molar-refractivity contribution in [3.63, 3.8) is 0 Å². The van der Waals surface area contributed by atoms with Crippen LogP contribution < -0.4 is 20.5 Å². The third kappa shape index (κ3) is 4.09. The zero-order chi connectivity index (χ0) is 15.5. The van der Waals surface area contributed by atoms with Crippen LogP contribution in [0.25, 0.3) is 0 Å². The van der Waals surface area contributed by atoms with Gasteiger partial charge in [-0.05, 0) is 43.4 Å². The van der Waals surface area contributed by atoms with Crippen LogP contribution in [-0.2, 0) is 4.79 Å². The van der Waals surface area contributed by atoms with E-state index in [2.05, 4.69) is 12.2 Å². The van der Waals surface area contributed by atoms with Crippen LogP contribution in [0.5, 0.6) is 11.5 Å². The van der Waals surface area contributed by atoms with Crippen LogP contribution in [0.1, 0.15) is 44.2 Å². The minimum absolute atomic E-state index is 0. The molecule has 1 fully saturated rings. The van der Waals surface area contributed by atoms with Gasteiger partial charge in [0.1, 0.15) is 13.2 Å². The summed E-state index contributed by atoms with van der Waals surface area (Å²) in [5.74, 6) is 1.72. The number of rotatable bonds is 4. The second-order valence-corrected chi connectivity index (χ2v) is 6.14. The van der Waals surface area contributed by atoms with Crippen molar-refractivity contribution in [2.24, 2.45) is 11.7 Å². The van der Waals surface area contributed by atoms with E-state index in [9.17, 15) is 4.79 Å². The van der Waals surface area contributed by atoms with E-state index >= 15 is 0 Å². The number of nitrogens with one attached hydrogen (secondary N) is 1. The highest BCUT2D eigenvalue weighted by Crippen LogP contribution is 2.33. The van der Waals surface area contributed by atoms with E-state index in [1.165, 1.54) is 0 Å². The second kappa shape index (κ2) is 7.88. The summed E-state index contributed by atoms with van der Waals surface area (Å²) in [6.45, 7) is 3.23. The lowest BCUT2D eigenvalue weighted by molar-refractivity contribution is -0.125. The Morgan fingerprint density at radius 3 is 2.70 bits per heavy atom. The molecule has 3 N–H and O–H groups in total. The molecule has 3 unspecified atom stereocenters. The summed E-state index contributed by atoms with van der Waals surface area (Å²) in [5, 5.41) is 3.16. The van der Waals surface area contributed by atoms with Crippen LogP contribution >= 0.6 is 12.4 Å². The van der Waals surface area contributed by atoms with Crippen molar-refractivity contribution in [3.05, 3.63) is 23.8 Å². The summed E-state index contributed by atoms with van der Waals surface area (Å²) in [6, 6.07) is 6.07. The first-order chi connectivity index (χ1) is 10.7. The molecule has 0 radical (unpaired) electrons. The fourth-order valence-corrected chi connectivity index (χ4v) is 3.24. The van der Waals surface area contributed by atoms with Gasteiger partial charge in [0.15, 0.2) is 11.5 Å². The van der Waals surface area contributed by atoms with Crippen LogP contribution in [0.3, 0.4) is 0 Å². The quantitative estimate of drug-likeness (QED) is 0.883. The molecule has 3 rings (SSSR count). The smallest absolute Gasteiger partial charge is 0.223 e. The monoisotopic (exact) mass is 340 g/mol. The van der Waals surface area contributed by atoms with Crippen LogP contribution in [-0.4, -0.2) is 25.2 Å². The highest BCUT2D eigenvalue weighted by atomic mass is 35.5. The summed E-state index contributed by atoms with van der Waals surface area (Å²) >= 11 is 0. The first-order valence-electron chi connectivity index (χ1n) is 8.13. The van der Waals surface area contributed by atoms with Gasteiger partial charge in [-0.15, -0.1) is 12.4 Å². The summed E-state index contributed by atoms with van der Waals surface area (Å²) in [6.07, 6.45) is 3.47. The third-order valence-electron chi connectivity index (χ3n) is 4.54. The topological polar surface area (TPSA) is 73.6 Å². The second-order valence-electron chi connectivity index (χ2n) is 6.14. The van der Waals surface area contributed by atoms with Crippen molar-refractivity contribution >= 4 is 18.3 Å². The number of amides is 1. The Morgan fingerprint density at radius 2 is 2.04 bits per heavy atom. The SMILES string of the molecule is CCC(NC(=O)C1CCC(N)C1)c1ccc2c(c1)OCCO2.Cl. The largest absolute Gasteiger partial charge is 0.486 e. The van der Waals surface area contributed by atoms with Crippen LogP contribution in [0.2, 0.25) is 0 Å². The van der Waals surface area contributed by atoms with Gasteiger partial charge in [0.2, 0.25) is 5.91 Å². The molecular formula is C17H25ClN2O3. The maximum atomic E-state index is 12.4. The summed E-state index contributed by atoms with van der Waals surface area (Å²) in [4.78, 5) is 12.4. The minimum Gasteiger partial charge on any atom is -0.486 e. The van der Waals surface area contributed by atoms with Crippen molar-refractivity contribution < 1.29 is 14.3 Å². The van der Waals surface area contributed by atoms with Gasteiger partial charge in [0.05, 0.1) is 6.04 Å². The number of hydrogen-bond acceptors (Lipinski definition) is 4. The van der Waals surface area contributed by atoms with Crippen LogP contribution in [0, 0.1) is 5.92 Å². The molecule has 1 heterocycles. The molecule has 1 aromatic rings. The molecule has 0 saturated heterocycles. The van der Waals surface area contributed by atoms with Gasteiger partial charge in [-0.2, -0.15) is 0 Å². The number of hydrogen-bond donors (Lipinski definition) is 2. The molecule has 1 aliphatic heterocycles. The van der Waals surface area contributed by atoms with E-state index in [0.29, 0.717) is 13.2 Å². The molecule has 1 aromatic carbocycles. The normalized spacial score (nSPS) is 23.7. The summed E-state index contributed by atoms with van der Waals surface area (Å²) < 4.78 is 11.2. The minimum atomic E-state index is 0. The summed E-state index contributed by atoms with van der Waals surface area (Å²) in [5.41, 5.74) is 6.96. The molecule has 1 aliphatic carbocycles. The van der Waals surface area contributed by atoms with Gasteiger partial charge >= 0.3 is 0 Å². The Labute approximate surface area is 143 Å². The van der Waals surface area contributed by atoms with Gasteiger partial charge in [-0.25, -0.2) is 0 Å². The Morgan fingerprint density at radius 1 is 1.30 bits per heavy atom. The number of nitrogens with two attached hydrogens (primary N) is 1. The fraction of sp³-hybridized carbons (Fsp3) is 0.588. The number of ether oxygens (including phenoxy) is 2. The molecule has 3 atom stereocenters. The fourth-order valence-electron chi connectivity index (χ4n) is 3.24. The average molecular weight is 341 g/mol. The first-order valence-corrected chi connectivity index (χ1v) is 8.13. The van der Waals surface area contributed by atoms with Gasteiger partial charge < -0.3 is 20.5 Å². The van der Waals surface area contributed by atoms with Crippen molar-refractivity contribution in [2.75, 3.05) is 13.2 Å². The first kappa shape index (κ1) is 17.9. The van der Waals surface area contributed by atoms with Crippen molar-refractivity contribution in [1.82, 2.24) is 5.32 Å². The van der Waals surface area contributed by atoms with Crippen molar-refractivity contribution in [2.45, 2.75) is 44.7 Å².